The fraction of sp³-hybridized carbons (Fsp3) is 0.429. The molecule has 0 radical (unpaired) electrons. The van der Waals surface area contributed by atoms with E-state index in [1.54, 1.807) is 6.92 Å². The number of nitrogens with zero attached hydrogens (tertiary/aromatic N) is 4. The number of fused-ring (bicyclic) bond motifs is 1. The fourth-order valence-electron chi connectivity index (χ4n) is 2.31. The maximum atomic E-state index is 12.5. The molecule has 1 atom stereocenters. The summed E-state index contributed by atoms with van der Waals surface area (Å²) in [5, 5.41) is 10.8. The van der Waals surface area contributed by atoms with Gasteiger partial charge < -0.3 is 19.6 Å². The van der Waals surface area contributed by atoms with Gasteiger partial charge in [-0.15, -0.1) is 0 Å². The highest BCUT2D eigenvalue weighted by Gasteiger charge is 2.37. The summed E-state index contributed by atoms with van der Waals surface area (Å²) >= 11 is 0. The first-order chi connectivity index (χ1) is 11.7. The molecule has 0 spiro atoms. The number of imidazole rings is 1. The molecular formula is C14H13F3N4O4. The highest BCUT2D eigenvalue weighted by atomic mass is 19.4. The van der Waals surface area contributed by atoms with Crippen LogP contribution in [0.25, 0.3) is 0 Å². The molecule has 0 N–H and O–H groups in total. The van der Waals surface area contributed by atoms with Gasteiger partial charge in [0.15, 0.2) is 0 Å². The second-order valence-electron chi connectivity index (χ2n) is 5.80. The van der Waals surface area contributed by atoms with Crippen LogP contribution < -0.4 is 9.47 Å². The first kappa shape index (κ1) is 17.0. The van der Waals surface area contributed by atoms with E-state index in [1.807, 2.05) is 0 Å². The van der Waals surface area contributed by atoms with Gasteiger partial charge in [0, 0.05) is 17.9 Å². The van der Waals surface area contributed by atoms with Gasteiger partial charge in [-0.25, -0.2) is 4.98 Å². The largest absolute Gasteiger partial charge is 0.488 e. The Bertz CT molecular complexity index is 790. The molecule has 2 aromatic heterocycles. The van der Waals surface area contributed by atoms with E-state index in [2.05, 4.69) is 9.97 Å². The van der Waals surface area contributed by atoms with Crippen LogP contribution in [0.15, 0.2) is 24.5 Å². The lowest BCUT2D eigenvalue weighted by atomic mass is 10.0. The molecular weight excluding hydrogens is 345 g/mol. The predicted octanol–water partition coefficient (Wildman–Crippen LogP) is 2.83. The Balaban J connectivity index is 1.65. The van der Waals surface area contributed by atoms with Crippen LogP contribution in [0.4, 0.5) is 19.0 Å². The van der Waals surface area contributed by atoms with Crippen molar-refractivity contribution in [2.75, 3.05) is 6.61 Å². The molecule has 0 unspecified atom stereocenters. The van der Waals surface area contributed by atoms with Crippen LogP contribution in [0.3, 0.4) is 0 Å². The van der Waals surface area contributed by atoms with Gasteiger partial charge in [-0.05, 0) is 24.0 Å². The third kappa shape index (κ3) is 3.64. The molecule has 0 aliphatic carbocycles. The Hall–Kier alpha value is -2.85. The number of pyridine rings is 1. The third-order valence-corrected chi connectivity index (χ3v) is 3.70. The Kier molecular flexibility index (Phi) is 4.01. The lowest BCUT2D eigenvalue weighted by Crippen LogP contribution is -2.43. The minimum Gasteiger partial charge on any atom is -0.488 e. The third-order valence-electron chi connectivity index (χ3n) is 3.70. The number of ether oxygens (including phenoxy) is 2. The number of hydrogen-bond acceptors (Lipinski definition) is 6. The Morgan fingerprint density at radius 3 is 2.84 bits per heavy atom. The quantitative estimate of drug-likeness (QED) is 0.616. The Morgan fingerprint density at radius 2 is 2.24 bits per heavy atom. The normalized spacial score (nSPS) is 19.8. The van der Waals surface area contributed by atoms with E-state index in [1.165, 1.54) is 16.8 Å². The molecule has 134 valence electrons. The zero-order valence-corrected chi connectivity index (χ0v) is 13.0. The zero-order valence-electron chi connectivity index (χ0n) is 13.0. The summed E-state index contributed by atoms with van der Waals surface area (Å²) in [6, 6.07) is 2.11. The standard InChI is InChI=1S/C14H13F3N4O4/c1-13(4-5-20-7-11(21(22)23)19-12(20)25-13)8-24-9-2-3-10(18-6-9)14(15,16)17/h2-3,6-7H,4-5,8H2,1H3/t13-/m1/s1. The van der Waals surface area contributed by atoms with E-state index in [9.17, 15) is 23.3 Å². The van der Waals surface area contributed by atoms with Crippen molar-refractivity contribution < 1.29 is 27.6 Å². The highest BCUT2D eigenvalue weighted by molar-refractivity contribution is 5.23. The summed E-state index contributed by atoms with van der Waals surface area (Å²) in [4.78, 5) is 17.2. The van der Waals surface area contributed by atoms with E-state index in [0.717, 1.165) is 12.3 Å². The Morgan fingerprint density at radius 1 is 1.48 bits per heavy atom. The average molecular weight is 358 g/mol. The fourth-order valence-corrected chi connectivity index (χ4v) is 2.31. The van der Waals surface area contributed by atoms with E-state index in [-0.39, 0.29) is 24.2 Å². The monoisotopic (exact) mass is 358 g/mol. The molecule has 11 heteroatoms. The molecule has 25 heavy (non-hydrogen) atoms. The van der Waals surface area contributed by atoms with Gasteiger partial charge in [0.05, 0.1) is 6.20 Å². The van der Waals surface area contributed by atoms with Crippen molar-refractivity contribution in [1.82, 2.24) is 14.5 Å². The van der Waals surface area contributed by atoms with Gasteiger partial charge in [-0.1, -0.05) is 0 Å². The second kappa shape index (κ2) is 5.90. The Labute approximate surface area is 139 Å². The SMILES string of the molecule is C[C@]1(COc2ccc(C(F)(F)F)nc2)CCn2cc([N+](=O)[O-])nc2O1. The summed E-state index contributed by atoms with van der Waals surface area (Å²) in [6.07, 6.45) is -1.75. The van der Waals surface area contributed by atoms with Crippen LogP contribution in [0.5, 0.6) is 11.8 Å². The molecule has 1 aliphatic heterocycles. The number of rotatable bonds is 4. The smallest absolute Gasteiger partial charge is 0.433 e. The minimum atomic E-state index is -4.51. The van der Waals surface area contributed by atoms with Crippen LogP contribution in [0, 0.1) is 10.1 Å². The van der Waals surface area contributed by atoms with Crippen LogP contribution in [0.1, 0.15) is 19.0 Å². The number of halogens is 3. The van der Waals surface area contributed by atoms with Crippen molar-refractivity contribution in [1.29, 1.82) is 0 Å². The van der Waals surface area contributed by atoms with Gasteiger partial charge in [0.1, 0.15) is 29.8 Å². The van der Waals surface area contributed by atoms with Gasteiger partial charge in [-0.2, -0.15) is 13.2 Å². The van der Waals surface area contributed by atoms with Gasteiger partial charge in [0.25, 0.3) is 0 Å². The van der Waals surface area contributed by atoms with Crippen molar-refractivity contribution >= 4 is 5.82 Å². The molecule has 0 aromatic carbocycles. The minimum absolute atomic E-state index is 0.0285. The van der Waals surface area contributed by atoms with Crippen molar-refractivity contribution in [2.24, 2.45) is 0 Å². The summed E-state index contributed by atoms with van der Waals surface area (Å²) in [7, 11) is 0. The maximum absolute atomic E-state index is 12.5. The molecule has 3 heterocycles. The van der Waals surface area contributed by atoms with Gasteiger partial charge >= 0.3 is 18.0 Å². The lowest BCUT2D eigenvalue weighted by molar-refractivity contribution is -0.389. The molecule has 0 bridgehead atoms. The summed E-state index contributed by atoms with van der Waals surface area (Å²) in [5.74, 6) is -0.148. The van der Waals surface area contributed by atoms with E-state index in [4.69, 9.17) is 9.47 Å². The van der Waals surface area contributed by atoms with Crippen molar-refractivity contribution in [3.8, 4) is 11.8 Å². The molecule has 2 aromatic rings. The first-order valence-electron chi connectivity index (χ1n) is 7.23. The van der Waals surface area contributed by atoms with E-state index >= 15 is 0 Å². The molecule has 0 fully saturated rings. The van der Waals surface area contributed by atoms with E-state index in [0.29, 0.717) is 13.0 Å². The van der Waals surface area contributed by atoms with Gasteiger partial charge in [0.2, 0.25) is 0 Å². The molecule has 0 saturated carbocycles. The highest BCUT2D eigenvalue weighted by Crippen LogP contribution is 2.31. The zero-order chi connectivity index (χ0) is 18.2. The number of nitro groups is 1. The molecule has 8 nitrogen and oxygen atoms in total. The van der Waals surface area contributed by atoms with Crippen LogP contribution in [-0.4, -0.2) is 31.7 Å². The van der Waals surface area contributed by atoms with Crippen LogP contribution in [0.2, 0.25) is 0 Å². The summed E-state index contributed by atoms with van der Waals surface area (Å²) < 4.78 is 50.1. The predicted molar refractivity (Wildman–Crippen MR) is 77.3 cm³/mol. The molecule has 0 amide bonds. The van der Waals surface area contributed by atoms with Crippen molar-refractivity contribution in [3.63, 3.8) is 0 Å². The number of aryl methyl sites for hydroxylation is 1. The number of alkyl halides is 3. The number of hydrogen-bond donors (Lipinski definition) is 0. The van der Waals surface area contributed by atoms with Crippen LogP contribution >= 0.6 is 0 Å². The summed E-state index contributed by atoms with van der Waals surface area (Å²) in [6.45, 7) is 2.20. The van der Waals surface area contributed by atoms with Crippen LogP contribution in [-0.2, 0) is 12.7 Å². The van der Waals surface area contributed by atoms with E-state index < -0.39 is 22.4 Å². The topological polar surface area (TPSA) is 92.3 Å². The van der Waals surface area contributed by atoms with Crippen molar-refractivity contribution in [2.45, 2.75) is 31.7 Å². The summed E-state index contributed by atoms with van der Waals surface area (Å²) in [5.41, 5.74) is -1.83. The lowest BCUT2D eigenvalue weighted by Gasteiger charge is -2.32. The second-order valence-corrected chi connectivity index (χ2v) is 5.80. The van der Waals surface area contributed by atoms with Gasteiger partial charge in [-0.3, -0.25) is 4.57 Å². The molecule has 1 aliphatic rings. The maximum Gasteiger partial charge on any atom is 0.433 e. The first-order valence-corrected chi connectivity index (χ1v) is 7.23. The average Bonchev–Trinajstić information content (AvgIpc) is 2.96. The molecule has 3 rings (SSSR count). The van der Waals surface area contributed by atoms with Crippen molar-refractivity contribution in [3.05, 3.63) is 40.3 Å². The number of aromatic nitrogens is 3. The molecule has 0 saturated heterocycles.